The largest absolute Gasteiger partial charge is 0.480 e. The molecule has 0 fully saturated rings. The van der Waals surface area contributed by atoms with Gasteiger partial charge in [-0.25, -0.2) is 9.59 Å². The summed E-state index contributed by atoms with van der Waals surface area (Å²) in [6.45, 7) is 9.22. The molecule has 0 aliphatic heterocycles. The van der Waals surface area contributed by atoms with Crippen LogP contribution in [-0.4, -0.2) is 54.2 Å². The summed E-state index contributed by atoms with van der Waals surface area (Å²) in [6, 6.07) is -0.842. The number of nitrogens with one attached hydrogen (secondary N) is 2. The van der Waals surface area contributed by atoms with Gasteiger partial charge in [-0.05, 0) is 33.2 Å². The Hall–Kier alpha value is -1.30. The van der Waals surface area contributed by atoms with Crippen molar-refractivity contribution in [2.75, 3.05) is 20.1 Å². The highest BCUT2D eigenvalue weighted by atomic mass is 16.4. The topological polar surface area (TPSA) is 81.7 Å². The normalized spacial score (nSPS) is 12.8. The first-order chi connectivity index (χ1) is 8.73. The SMILES string of the molecule is CC(C)C[C@H](NC(=O)NCCN(C)C(C)C)C(=O)O. The van der Waals surface area contributed by atoms with E-state index in [4.69, 9.17) is 5.11 Å². The molecule has 0 saturated carbocycles. The van der Waals surface area contributed by atoms with Crippen LogP contribution in [-0.2, 0) is 4.79 Å². The van der Waals surface area contributed by atoms with Crippen LogP contribution in [0.4, 0.5) is 4.79 Å². The average Bonchev–Trinajstić information content (AvgIpc) is 2.26. The number of aliphatic carboxylic acids is 1. The molecule has 0 heterocycles. The molecule has 0 aromatic carbocycles. The number of nitrogens with zero attached hydrogens (tertiary/aromatic N) is 1. The smallest absolute Gasteiger partial charge is 0.326 e. The Balaban J connectivity index is 4.03. The monoisotopic (exact) mass is 273 g/mol. The van der Waals surface area contributed by atoms with E-state index in [2.05, 4.69) is 29.4 Å². The van der Waals surface area contributed by atoms with E-state index < -0.39 is 18.0 Å². The highest BCUT2D eigenvalue weighted by Gasteiger charge is 2.20. The van der Waals surface area contributed by atoms with Gasteiger partial charge < -0.3 is 20.6 Å². The summed E-state index contributed by atoms with van der Waals surface area (Å²) in [4.78, 5) is 24.7. The molecule has 0 aromatic rings. The third-order valence-corrected chi connectivity index (χ3v) is 2.94. The molecule has 0 aliphatic carbocycles. The quantitative estimate of drug-likeness (QED) is 0.619. The van der Waals surface area contributed by atoms with E-state index in [1.807, 2.05) is 20.9 Å². The summed E-state index contributed by atoms with van der Waals surface area (Å²) < 4.78 is 0. The van der Waals surface area contributed by atoms with Gasteiger partial charge in [0.15, 0.2) is 0 Å². The minimum absolute atomic E-state index is 0.216. The maximum absolute atomic E-state index is 11.6. The lowest BCUT2D eigenvalue weighted by Gasteiger charge is -2.21. The summed E-state index contributed by atoms with van der Waals surface area (Å²) in [5.74, 6) is -0.781. The Morgan fingerprint density at radius 2 is 1.79 bits per heavy atom. The number of likely N-dealkylation sites (N-methyl/N-ethyl adjacent to an activating group) is 1. The van der Waals surface area contributed by atoms with Crippen molar-refractivity contribution in [3.05, 3.63) is 0 Å². The fourth-order valence-corrected chi connectivity index (χ4v) is 1.51. The van der Waals surface area contributed by atoms with E-state index in [9.17, 15) is 9.59 Å². The molecule has 0 bridgehead atoms. The van der Waals surface area contributed by atoms with Crippen LogP contribution in [0.5, 0.6) is 0 Å². The molecular formula is C13H27N3O3. The second-order valence-electron chi connectivity index (χ2n) is 5.49. The Kier molecular flexibility index (Phi) is 8.14. The summed E-state index contributed by atoms with van der Waals surface area (Å²) in [6.07, 6.45) is 0.425. The first kappa shape index (κ1) is 17.7. The second-order valence-corrected chi connectivity index (χ2v) is 5.49. The molecule has 0 aliphatic rings. The van der Waals surface area contributed by atoms with Crippen molar-refractivity contribution < 1.29 is 14.7 Å². The number of amides is 2. The lowest BCUT2D eigenvalue weighted by atomic mass is 10.0. The average molecular weight is 273 g/mol. The van der Waals surface area contributed by atoms with E-state index in [0.29, 0.717) is 19.0 Å². The van der Waals surface area contributed by atoms with Crippen molar-refractivity contribution in [1.82, 2.24) is 15.5 Å². The molecular weight excluding hydrogens is 246 g/mol. The van der Waals surface area contributed by atoms with Crippen LogP contribution in [0.2, 0.25) is 0 Å². The van der Waals surface area contributed by atoms with E-state index in [1.54, 1.807) is 0 Å². The first-order valence-electron chi connectivity index (χ1n) is 6.71. The van der Waals surface area contributed by atoms with Gasteiger partial charge in [0.25, 0.3) is 0 Å². The number of hydrogen-bond donors (Lipinski definition) is 3. The van der Waals surface area contributed by atoms with E-state index in [0.717, 1.165) is 6.54 Å². The van der Waals surface area contributed by atoms with Gasteiger partial charge in [-0.1, -0.05) is 13.8 Å². The van der Waals surface area contributed by atoms with Crippen LogP contribution in [0.25, 0.3) is 0 Å². The van der Waals surface area contributed by atoms with Crippen LogP contribution in [0, 0.1) is 5.92 Å². The number of carboxylic acid groups (broad SMARTS) is 1. The first-order valence-corrected chi connectivity index (χ1v) is 6.71. The highest BCUT2D eigenvalue weighted by molar-refractivity contribution is 5.82. The van der Waals surface area contributed by atoms with Gasteiger partial charge >= 0.3 is 12.0 Å². The van der Waals surface area contributed by atoms with Gasteiger partial charge in [-0.3, -0.25) is 0 Å². The molecule has 0 saturated heterocycles. The molecule has 6 heteroatoms. The fraction of sp³-hybridized carbons (Fsp3) is 0.846. The Labute approximate surface area is 115 Å². The Morgan fingerprint density at radius 3 is 2.21 bits per heavy atom. The summed E-state index contributed by atoms with van der Waals surface area (Å²) >= 11 is 0. The number of carbonyl (C=O) groups is 2. The second kappa shape index (κ2) is 8.74. The van der Waals surface area contributed by atoms with Gasteiger partial charge in [0.05, 0.1) is 0 Å². The van der Waals surface area contributed by atoms with Crippen molar-refractivity contribution >= 4 is 12.0 Å². The molecule has 0 spiro atoms. The van der Waals surface area contributed by atoms with Crippen LogP contribution >= 0.6 is 0 Å². The molecule has 6 nitrogen and oxygen atoms in total. The third-order valence-electron chi connectivity index (χ3n) is 2.94. The van der Waals surface area contributed by atoms with Gasteiger partial charge in [-0.2, -0.15) is 0 Å². The number of carbonyl (C=O) groups excluding carboxylic acids is 1. The highest BCUT2D eigenvalue weighted by Crippen LogP contribution is 2.04. The van der Waals surface area contributed by atoms with Gasteiger partial charge in [0.2, 0.25) is 0 Å². The standard InChI is InChI=1S/C13H27N3O3/c1-9(2)8-11(12(17)18)15-13(19)14-6-7-16(5)10(3)4/h9-11H,6-8H2,1-5H3,(H,17,18)(H2,14,15,19)/t11-/m0/s1. The maximum Gasteiger partial charge on any atom is 0.326 e. The van der Waals surface area contributed by atoms with Gasteiger partial charge in [-0.15, -0.1) is 0 Å². The van der Waals surface area contributed by atoms with Crippen molar-refractivity contribution in [3.8, 4) is 0 Å². The van der Waals surface area contributed by atoms with Gasteiger partial charge in [0, 0.05) is 19.1 Å². The Morgan fingerprint density at radius 1 is 1.21 bits per heavy atom. The Bertz CT molecular complexity index is 293. The minimum Gasteiger partial charge on any atom is -0.480 e. The fourth-order valence-electron chi connectivity index (χ4n) is 1.51. The van der Waals surface area contributed by atoms with Crippen molar-refractivity contribution in [1.29, 1.82) is 0 Å². The van der Waals surface area contributed by atoms with Crippen molar-refractivity contribution in [3.63, 3.8) is 0 Å². The molecule has 112 valence electrons. The predicted octanol–water partition coefficient (Wildman–Crippen LogP) is 1.13. The lowest BCUT2D eigenvalue weighted by Crippen LogP contribution is -2.48. The third kappa shape index (κ3) is 8.42. The number of urea groups is 1. The van der Waals surface area contributed by atoms with Crippen LogP contribution in [0.1, 0.15) is 34.1 Å². The molecule has 0 unspecified atom stereocenters. The van der Waals surface area contributed by atoms with Crippen molar-refractivity contribution in [2.45, 2.75) is 46.2 Å². The zero-order valence-electron chi connectivity index (χ0n) is 12.6. The van der Waals surface area contributed by atoms with E-state index in [-0.39, 0.29) is 5.92 Å². The zero-order chi connectivity index (χ0) is 15.0. The summed E-state index contributed by atoms with van der Waals surface area (Å²) in [5, 5.41) is 14.2. The van der Waals surface area contributed by atoms with Crippen LogP contribution < -0.4 is 10.6 Å². The van der Waals surface area contributed by atoms with E-state index >= 15 is 0 Å². The molecule has 2 amide bonds. The molecule has 3 N–H and O–H groups in total. The summed E-state index contributed by atoms with van der Waals surface area (Å²) in [7, 11) is 1.98. The maximum atomic E-state index is 11.6. The molecule has 0 radical (unpaired) electrons. The van der Waals surface area contributed by atoms with Crippen LogP contribution in [0.3, 0.4) is 0 Å². The van der Waals surface area contributed by atoms with Gasteiger partial charge in [0.1, 0.15) is 6.04 Å². The lowest BCUT2D eigenvalue weighted by molar-refractivity contribution is -0.139. The molecule has 1 atom stereocenters. The minimum atomic E-state index is -0.997. The molecule has 0 aromatic heterocycles. The zero-order valence-corrected chi connectivity index (χ0v) is 12.6. The van der Waals surface area contributed by atoms with E-state index in [1.165, 1.54) is 0 Å². The number of carboxylic acids is 1. The molecule has 0 rings (SSSR count). The number of hydrogen-bond acceptors (Lipinski definition) is 3. The van der Waals surface area contributed by atoms with Crippen molar-refractivity contribution in [2.24, 2.45) is 5.92 Å². The van der Waals surface area contributed by atoms with Crippen LogP contribution in [0.15, 0.2) is 0 Å². The molecule has 19 heavy (non-hydrogen) atoms. The predicted molar refractivity (Wildman–Crippen MR) is 75.2 cm³/mol. The summed E-state index contributed by atoms with van der Waals surface area (Å²) in [5.41, 5.74) is 0. The number of rotatable bonds is 8.